The summed E-state index contributed by atoms with van der Waals surface area (Å²) in [6, 6.07) is -0.660. The van der Waals surface area contributed by atoms with Crippen LogP contribution in [0.25, 0.3) is 0 Å². The zero-order valence-electron chi connectivity index (χ0n) is 8.42. The van der Waals surface area contributed by atoms with E-state index in [1.165, 1.54) is 19.2 Å². The summed E-state index contributed by atoms with van der Waals surface area (Å²) in [5.41, 5.74) is 5.30. The summed E-state index contributed by atoms with van der Waals surface area (Å²) in [5, 5.41) is 8.41. The average molecular weight is 210 g/mol. The van der Waals surface area contributed by atoms with Crippen molar-refractivity contribution < 1.29 is 9.90 Å². The van der Waals surface area contributed by atoms with E-state index in [1.54, 1.807) is 0 Å². The Hall–Kier alpha value is -0.280. The molecule has 0 aliphatic heterocycles. The number of carbonyl (C=O) groups is 1. The van der Waals surface area contributed by atoms with Crippen LogP contribution in [0.2, 0.25) is 0 Å². The summed E-state index contributed by atoms with van der Waals surface area (Å²) in [6.45, 7) is 2.12. The smallest absolute Gasteiger partial charge is 0.320 e. The van der Waals surface area contributed by atoms with Crippen LogP contribution in [0.15, 0.2) is 0 Å². The summed E-state index contributed by atoms with van der Waals surface area (Å²) in [7, 11) is 0. The van der Waals surface area contributed by atoms with Crippen LogP contribution >= 0.6 is 11.6 Å². The predicted molar refractivity (Wildman–Crippen MR) is 56.1 cm³/mol. The van der Waals surface area contributed by atoms with E-state index in [-0.39, 0.29) is 0 Å². The first-order valence-corrected chi connectivity index (χ1v) is 5.30. The standard InChI is InChI=1S/C8H17NO2.CH3Cl/c1-2-3-4-5-6-7(9)8(10)11;1-2/h7H,2-6,9H2,1H3,(H,10,11);1H3. The Bertz CT molecular complexity index is 120. The van der Waals surface area contributed by atoms with E-state index in [9.17, 15) is 4.79 Å². The lowest BCUT2D eigenvalue weighted by atomic mass is 10.1. The molecule has 0 aromatic carbocycles. The third-order valence-corrected chi connectivity index (χ3v) is 1.69. The number of aliphatic carboxylic acids is 1. The van der Waals surface area contributed by atoms with Gasteiger partial charge in [-0.3, -0.25) is 4.79 Å². The molecule has 13 heavy (non-hydrogen) atoms. The molecule has 0 aliphatic carbocycles. The van der Waals surface area contributed by atoms with Crippen LogP contribution in [-0.4, -0.2) is 23.5 Å². The van der Waals surface area contributed by atoms with Crippen molar-refractivity contribution in [2.45, 2.75) is 45.1 Å². The molecule has 0 radical (unpaired) electrons. The van der Waals surface area contributed by atoms with Crippen molar-refractivity contribution >= 4 is 17.6 Å². The summed E-state index contributed by atoms with van der Waals surface area (Å²) in [5.74, 6) is -0.888. The SMILES string of the molecule is CCCCCCC(N)C(=O)O.CCl. The van der Waals surface area contributed by atoms with Gasteiger partial charge in [0, 0.05) is 6.38 Å². The van der Waals surface area contributed by atoms with E-state index < -0.39 is 12.0 Å². The molecule has 0 saturated heterocycles. The molecule has 0 aromatic rings. The molecule has 0 heterocycles. The monoisotopic (exact) mass is 209 g/mol. The van der Waals surface area contributed by atoms with Crippen molar-refractivity contribution in [2.24, 2.45) is 5.73 Å². The first-order valence-electron chi connectivity index (χ1n) is 4.54. The number of hydrogen-bond acceptors (Lipinski definition) is 2. The first-order chi connectivity index (χ1) is 6.18. The summed E-state index contributed by atoms with van der Waals surface area (Å²) in [6.07, 6.45) is 6.45. The van der Waals surface area contributed by atoms with Crippen LogP contribution in [0, 0.1) is 0 Å². The highest BCUT2D eigenvalue weighted by Crippen LogP contribution is 2.03. The molecule has 0 amide bonds. The molecular weight excluding hydrogens is 190 g/mol. The van der Waals surface area contributed by atoms with Crippen molar-refractivity contribution in [3.63, 3.8) is 0 Å². The van der Waals surface area contributed by atoms with Crippen LogP contribution < -0.4 is 5.73 Å². The van der Waals surface area contributed by atoms with Crippen LogP contribution in [0.5, 0.6) is 0 Å². The predicted octanol–water partition coefficient (Wildman–Crippen LogP) is 2.22. The highest BCUT2D eigenvalue weighted by molar-refractivity contribution is 6.15. The number of carboxylic acids is 1. The molecule has 4 heteroatoms. The number of halogens is 1. The second-order valence-electron chi connectivity index (χ2n) is 2.79. The van der Waals surface area contributed by atoms with Gasteiger partial charge in [-0.1, -0.05) is 32.6 Å². The maximum atomic E-state index is 10.2. The van der Waals surface area contributed by atoms with Gasteiger partial charge < -0.3 is 10.8 Å². The van der Waals surface area contributed by atoms with Crippen molar-refractivity contribution in [3.8, 4) is 0 Å². The number of alkyl halides is 1. The Balaban J connectivity index is 0. The fourth-order valence-electron chi connectivity index (χ4n) is 0.915. The van der Waals surface area contributed by atoms with Gasteiger partial charge in [0.25, 0.3) is 0 Å². The highest BCUT2D eigenvalue weighted by atomic mass is 35.5. The number of carboxylic acid groups (broad SMARTS) is 1. The summed E-state index contributed by atoms with van der Waals surface area (Å²) >= 11 is 4.64. The van der Waals surface area contributed by atoms with Crippen LogP contribution in [0.4, 0.5) is 0 Å². The van der Waals surface area contributed by atoms with Gasteiger partial charge >= 0.3 is 5.97 Å². The van der Waals surface area contributed by atoms with Gasteiger partial charge in [0.05, 0.1) is 0 Å². The Morgan fingerprint density at radius 3 is 2.31 bits per heavy atom. The lowest BCUT2D eigenvalue weighted by Crippen LogP contribution is -2.29. The minimum Gasteiger partial charge on any atom is -0.480 e. The van der Waals surface area contributed by atoms with E-state index in [4.69, 9.17) is 10.8 Å². The lowest BCUT2D eigenvalue weighted by molar-refractivity contribution is -0.138. The van der Waals surface area contributed by atoms with E-state index in [1.807, 2.05) is 0 Å². The summed E-state index contributed by atoms with van der Waals surface area (Å²) < 4.78 is 0. The molecule has 0 rings (SSSR count). The molecular formula is C9H20ClNO2. The fourth-order valence-corrected chi connectivity index (χ4v) is 0.915. The van der Waals surface area contributed by atoms with Gasteiger partial charge in [-0.25, -0.2) is 0 Å². The molecule has 0 fully saturated rings. The van der Waals surface area contributed by atoms with E-state index in [2.05, 4.69) is 18.5 Å². The third-order valence-electron chi connectivity index (χ3n) is 1.69. The topological polar surface area (TPSA) is 63.3 Å². The molecule has 1 unspecified atom stereocenters. The quantitative estimate of drug-likeness (QED) is 0.521. The highest BCUT2D eigenvalue weighted by Gasteiger charge is 2.09. The molecule has 0 aromatic heterocycles. The Kier molecular flexibility index (Phi) is 13.7. The Morgan fingerprint density at radius 2 is 1.92 bits per heavy atom. The first kappa shape index (κ1) is 15.2. The maximum absolute atomic E-state index is 10.2. The van der Waals surface area contributed by atoms with Crippen LogP contribution in [-0.2, 0) is 4.79 Å². The van der Waals surface area contributed by atoms with Crippen LogP contribution in [0.3, 0.4) is 0 Å². The number of unbranched alkanes of at least 4 members (excludes halogenated alkanes) is 3. The van der Waals surface area contributed by atoms with E-state index in [0.717, 1.165) is 12.8 Å². The van der Waals surface area contributed by atoms with Crippen molar-refractivity contribution in [1.29, 1.82) is 0 Å². The molecule has 3 N–H and O–H groups in total. The summed E-state index contributed by atoms with van der Waals surface area (Å²) in [4.78, 5) is 10.2. The van der Waals surface area contributed by atoms with Crippen molar-refractivity contribution in [3.05, 3.63) is 0 Å². The largest absolute Gasteiger partial charge is 0.480 e. The molecule has 80 valence electrons. The van der Waals surface area contributed by atoms with Crippen molar-refractivity contribution in [1.82, 2.24) is 0 Å². The zero-order valence-corrected chi connectivity index (χ0v) is 9.18. The minimum absolute atomic E-state index is 0.606. The van der Waals surface area contributed by atoms with Gasteiger partial charge in [-0.05, 0) is 6.42 Å². The third kappa shape index (κ3) is 11.7. The molecule has 1 atom stereocenters. The number of rotatable bonds is 6. The van der Waals surface area contributed by atoms with Crippen LogP contribution in [0.1, 0.15) is 39.0 Å². The fraction of sp³-hybridized carbons (Fsp3) is 0.889. The average Bonchev–Trinajstić information content (AvgIpc) is 2.15. The Morgan fingerprint density at radius 1 is 1.38 bits per heavy atom. The number of nitrogens with two attached hydrogens (primary N) is 1. The van der Waals surface area contributed by atoms with Gasteiger partial charge in [0.2, 0.25) is 0 Å². The van der Waals surface area contributed by atoms with E-state index in [0.29, 0.717) is 6.42 Å². The van der Waals surface area contributed by atoms with Crippen molar-refractivity contribution in [2.75, 3.05) is 6.38 Å². The minimum atomic E-state index is -0.888. The normalized spacial score (nSPS) is 11.4. The van der Waals surface area contributed by atoms with Gasteiger partial charge in [-0.15, -0.1) is 11.6 Å². The number of hydrogen-bond donors (Lipinski definition) is 2. The van der Waals surface area contributed by atoms with Gasteiger partial charge in [0.1, 0.15) is 6.04 Å². The second-order valence-corrected chi connectivity index (χ2v) is 2.79. The molecule has 0 aliphatic rings. The van der Waals surface area contributed by atoms with Gasteiger partial charge in [-0.2, -0.15) is 0 Å². The molecule has 0 spiro atoms. The second kappa shape index (κ2) is 11.7. The zero-order chi connectivity index (χ0) is 10.7. The molecule has 0 saturated carbocycles. The van der Waals surface area contributed by atoms with Gasteiger partial charge in [0.15, 0.2) is 0 Å². The molecule has 0 bridgehead atoms. The maximum Gasteiger partial charge on any atom is 0.320 e. The molecule has 3 nitrogen and oxygen atoms in total. The van der Waals surface area contributed by atoms with E-state index >= 15 is 0 Å². The Labute approximate surface area is 85.3 Å². The lowest BCUT2D eigenvalue weighted by Gasteiger charge is -2.04.